The third kappa shape index (κ3) is 5.90. The Bertz CT molecular complexity index is 243. The molecule has 0 aromatic heterocycles. The first-order chi connectivity index (χ1) is 7.49. The molecular weight excluding hydrogens is 208 g/mol. The highest BCUT2D eigenvalue weighted by atomic mass is 16.3. The van der Waals surface area contributed by atoms with E-state index in [4.69, 9.17) is 0 Å². The molecule has 102 valence electrons. The van der Waals surface area contributed by atoms with Crippen LogP contribution in [0.15, 0.2) is 0 Å². The SMILES string of the molecule is CC(C)(C)CC[C@]1(O)CC[C@@H](CC(C)(C)C)C1. The first-order valence-corrected chi connectivity index (χ1v) is 7.22. The summed E-state index contributed by atoms with van der Waals surface area (Å²) >= 11 is 0. The van der Waals surface area contributed by atoms with Gasteiger partial charge in [-0.3, -0.25) is 0 Å². The Kier molecular flexibility index (Phi) is 4.34. The van der Waals surface area contributed by atoms with Gasteiger partial charge in [0.15, 0.2) is 0 Å². The fourth-order valence-electron chi connectivity index (χ4n) is 3.09. The summed E-state index contributed by atoms with van der Waals surface area (Å²) in [5, 5.41) is 10.6. The van der Waals surface area contributed by atoms with E-state index < -0.39 is 0 Å². The molecule has 1 rings (SSSR count). The maximum atomic E-state index is 10.6. The minimum atomic E-state index is -0.358. The van der Waals surface area contributed by atoms with E-state index in [1.54, 1.807) is 0 Å². The van der Waals surface area contributed by atoms with E-state index in [0.717, 1.165) is 31.6 Å². The van der Waals surface area contributed by atoms with E-state index in [1.807, 2.05) is 0 Å². The molecule has 0 radical (unpaired) electrons. The summed E-state index contributed by atoms with van der Waals surface area (Å²) in [7, 11) is 0. The minimum Gasteiger partial charge on any atom is -0.390 e. The second kappa shape index (κ2) is 4.91. The van der Waals surface area contributed by atoms with E-state index in [1.165, 1.54) is 12.8 Å². The summed E-state index contributed by atoms with van der Waals surface area (Å²) < 4.78 is 0. The molecule has 0 bridgehead atoms. The van der Waals surface area contributed by atoms with Crippen LogP contribution in [0.4, 0.5) is 0 Å². The van der Waals surface area contributed by atoms with Crippen LogP contribution in [0.2, 0.25) is 0 Å². The average molecular weight is 240 g/mol. The number of aliphatic hydroxyl groups is 1. The second-order valence-electron chi connectivity index (χ2n) is 8.66. The smallest absolute Gasteiger partial charge is 0.0650 e. The van der Waals surface area contributed by atoms with Gasteiger partial charge < -0.3 is 5.11 Å². The van der Waals surface area contributed by atoms with E-state index in [9.17, 15) is 5.11 Å². The van der Waals surface area contributed by atoms with Crippen molar-refractivity contribution in [1.29, 1.82) is 0 Å². The Hall–Kier alpha value is -0.0400. The molecule has 1 heteroatoms. The van der Waals surface area contributed by atoms with Crippen molar-refractivity contribution < 1.29 is 5.11 Å². The Balaban J connectivity index is 2.42. The molecular formula is C16H32O. The first-order valence-electron chi connectivity index (χ1n) is 7.22. The third-order valence-electron chi connectivity index (χ3n) is 3.93. The van der Waals surface area contributed by atoms with Gasteiger partial charge in [0, 0.05) is 0 Å². The molecule has 0 aromatic rings. The highest BCUT2D eigenvalue weighted by molar-refractivity contribution is 4.91. The standard InChI is InChI=1S/C16H32O/c1-14(2,3)9-10-16(17)8-7-13(12-16)11-15(4,5)6/h13,17H,7-12H2,1-6H3/t13-,16+/m0/s1. The molecule has 0 unspecified atom stereocenters. The van der Waals surface area contributed by atoms with Crippen LogP contribution in [0.5, 0.6) is 0 Å². The highest BCUT2D eigenvalue weighted by Crippen LogP contribution is 2.43. The molecule has 0 amide bonds. The molecule has 1 nitrogen and oxygen atoms in total. The van der Waals surface area contributed by atoms with Crippen molar-refractivity contribution in [1.82, 2.24) is 0 Å². The topological polar surface area (TPSA) is 20.2 Å². The maximum Gasteiger partial charge on any atom is 0.0650 e. The number of hydrogen-bond acceptors (Lipinski definition) is 1. The lowest BCUT2D eigenvalue weighted by molar-refractivity contribution is 0.0222. The lowest BCUT2D eigenvalue weighted by Gasteiger charge is -2.28. The Morgan fingerprint density at radius 2 is 1.65 bits per heavy atom. The lowest BCUT2D eigenvalue weighted by atomic mass is 9.81. The van der Waals surface area contributed by atoms with Crippen molar-refractivity contribution in [3.63, 3.8) is 0 Å². The van der Waals surface area contributed by atoms with Crippen LogP contribution >= 0.6 is 0 Å². The Labute approximate surface area is 108 Å². The molecule has 0 heterocycles. The molecule has 0 spiro atoms. The largest absolute Gasteiger partial charge is 0.390 e. The van der Waals surface area contributed by atoms with Gasteiger partial charge in [0.25, 0.3) is 0 Å². The monoisotopic (exact) mass is 240 g/mol. The Morgan fingerprint density at radius 1 is 1.06 bits per heavy atom. The molecule has 0 aromatic carbocycles. The van der Waals surface area contributed by atoms with Crippen molar-refractivity contribution in [2.75, 3.05) is 0 Å². The van der Waals surface area contributed by atoms with Crippen LogP contribution in [0.25, 0.3) is 0 Å². The summed E-state index contributed by atoms with van der Waals surface area (Å²) in [6.45, 7) is 13.7. The van der Waals surface area contributed by atoms with E-state index in [-0.39, 0.29) is 5.60 Å². The molecule has 1 aliphatic carbocycles. The van der Waals surface area contributed by atoms with Crippen LogP contribution in [0, 0.1) is 16.7 Å². The van der Waals surface area contributed by atoms with Gasteiger partial charge in [0.05, 0.1) is 5.60 Å². The lowest BCUT2D eigenvalue weighted by Crippen LogP contribution is -2.27. The highest BCUT2D eigenvalue weighted by Gasteiger charge is 2.38. The van der Waals surface area contributed by atoms with Gasteiger partial charge in [-0.15, -0.1) is 0 Å². The van der Waals surface area contributed by atoms with Gasteiger partial charge in [-0.1, -0.05) is 41.5 Å². The molecule has 1 fully saturated rings. The summed E-state index contributed by atoms with van der Waals surface area (Å²) in [6.07, 6.45) is 6.63. The summed E-state index contributed by atoms with van der Waals surface area (Å²) in [5.74, 6) is 0.736. The van der Waals surface area contributed by atoms with E-state index in [2.05, 4.69) is 41.5 Å². The third-order valence-corrected chi connectivity index (χ3v) is 3.93. The molecule has 0 saturated heterocycles. The number of rotatable bonds is 3. The summed E-state index contributed by atoms with van der Waals surface area (Å²) in [5.41, 5.74) is 0.390. The predicted octanol–water partition coefficient (Wildman–Crippen LogP) is 4.78. The normalized spacial score (nSPS) is 30.9. The summed E-state index contributed by atoms with van der Waals surface area (Å²) in [6, 6.07) is 0. The minimum absolute atomic E-state index is 0.345. The molecule has 0 aliphatic heterocycles. The van der Waals surface area contributed by atoms with Crippen molar-refractivity contribution >= 4 is 0 Å². The zero-order valence-corrected chi connectivity index (χ0v) is 12.8. The fraction of sp³-hybridized carbons (Fsp3) is 1.00. The second-order valence-corrected chi connectivity index (χ2v) is 8.66. The van der Waals surface area contributed by atoms with Crippen molar-refractivity contribution in [3.8, 4) is 0 Å². The van der Waals surface area contributed by atoms with Crippen LogP contribution in [0.3, 0.4) is 0 Å². The zero-order chi connectivity index (χ0) is 13.3. The summed E-state index contributed by atoms with van der Waals surface area (Å²) in [4.78, 5) is 0. The molecule has 17 heavy (non-hydrogen) atoms. The molecule has 1 saturated carbocycles. The number of hydrogen-bond donors (Lipinski definition) is 1. The van der Waals surface area contributed by atoms with Gasteiger partial charge in [0.1, 0.15) is 0 Å². The van der Waals surface area contributed by atoms with Crippen molar-refractivity contribution in [2.45, 2.75) is 85.7 Å². The Morgan fingerprint density at radius 3 is 2.12 bits per heavy atom. The van der Waals surface area contributed by atoms with Crippen LogP contribution in [-0.4, -0.2) is 10.7 Å². The van der Waals surface area contributed by atoms with E-state index >= 15 is 0 Å². The van der Waals surface area contributed by atoms with Crippen LogP contribution in [0.1, 0.15) is 80.1 Å². The van der Waals surface area contributed by atoms with Gasteiger partial charge in [-0.25, -0.2) is 0 Å². The van der Waals surface area contributed by atoms with Crippen LogP contribution < -0.4 is 0 Å². The maximum absolute atomic E-state index is 10.6. The van der Waals surface area contributed by atoms with Gasteiger partial charge >= 0.3 is 0 Å². The van der Waals surface area contributed by atoms with Crippen molar-refractivity contribution in [2.24, 2.45) is 16.7 Å². The van der Waals surface area contributed by atoms with Crippen LogP contribution in [-0.2, 0) is 0 Å². The molecule has 1 aliphatic rings. The molecule has 1 N–H and O–H groups in total. The van der Waals surface area contributed by atoms with Crippen molar-refractivity contribution in [3.05, 3.63) is 0 Å². The quantitative estimate of drug-likeness (QED) is 0.752. The van der Waals surface area contributed by atoms with E-state index in [0.29, 0.717) is 10.8 Å². The average Bonchev–Trinajstić information content (AvgIpc) is 2.41. The van der Waals surface area contributed by atoms with Gasteiger partial charge in [-0.05, 0) is 55.3 Å². The zero-order valence-electron chi connectivity index (χ0n) is 12.8. The fourth-order valence-corrected chi connectivity index (χ4v) is 3.09. The van der Waals surface area contributed by atoms with Gasteiger partial charge in [-0.2, -0.15) is 0 Å². The first kappa shape index (κ1) is 15.0. The predicted molar refractivity (Wildman–Crippen MR) is 75.1 cm³/mol. The van der Waals surface area contributed by atoms with Gasteiger partial charge in [0.2, 0.25) is 0 Å². The molecule has 2 atom stereocenters.